The SMILES string of the molecule is C=CCCCCCC[C@H](NC(=O)c1ccc(C(C)(C)C)cc1)C(=O)OC. The van der Waals surface area contributed by atoms with Crippen molar-refractivity contribution in [3.63, 3.8) is 0 Å². The van der Waals surface area contributed by atoms with Gasteiger partial charge in [-0.05, 0) is 42.4 Å². The van der Waals surface area contributed by atoms with E-state index < -0.39 is 12.0 Å². The van der Waals surface area contributed by atoms with Crippen molar-refractivity contribution >= 4 is 11.9 Å². The average molecular weight is 360 g/mol. The van der Waals surface area contributed by atoms with Crippen LogP contribution < -0.4 is 5.32 Å². The van der Waals surface area contributed by atoms with Crippen LogP contribution in [0.5, 0.6) is 0 Å². The standard InChI is InChI=1S/C22H33NO3/c1-6-7-8-9-10-11-12-19(21(25)26-5)23-20(24)17-13-15-18(16-14-17)22(2,3)4/h6,13-16,19H,1,7-12H2,2-5H3,(H,23,24)/t19-/m0/s1. The van der Waals surface area contributed by atoms with E-state index in [1.54, 1.807) is 12.1 Å². The molecule has 1 rings (SSSR count). The number of unbranched alkanes of at least 4 members (excludes halogenated alkanes) is 4. The molecule has 0 aliphatic carbocycles. The van der Waals surface area contributed by atoms with Gasteiger partial charge in [-0.25, -0.2) is 4.79 Å². The lowest BCUT2D eigenvalue weighted by atomic mass is 9.86. The zero-order valence-electron chi connectivity index (χ0n) is 16.6. The van der Waals surface area contributed by atoms with E-state index in [0.29, 0.717) is 12.0 Å². The van der Waals surface area contributed by atoms with Crippen molar-refractivity contribution in [3.05, 3.63) is 48.0 Å². The van der Waals surface area contributed by atoms with Gasteiger partial charge in [-0.1, -0.05) is 58.2 Å². The molecule has 1 atom stereocenters. The number of esters is 1. The number of ether oxygens (including phenoxy) is 1. The average Bonchev–Trinajstić information content (AvgIpc) is 2.62. The second kappa shape index (κ2) is 10.8. The summed E-state index contributed by atoms with van der Waals surface area (Å²) < 4.78 is 4.84. The minimum Gasteiger partial charge on any atom is -0.467 e. The number of benzene rings is 1. The summed E-state index contributed by atoms with van der Waals surface area (Å²) in [6, 6.07) is 6.93. The normalized spacial score (nSPS) is 12.3. The molecule has 4 nitrogen and oxygen atoms in total. The van der Waals surface area contributed by atoms with Crippen LogP contribution in [0.3, 0.4) is 0 Å². The van der Waals surface area contributed by atoms with Crippen LogP contribution in [0.15, 0.2) is 36.9 Å². The van der Waals surface area contributed by atoms with Crippen LogP contribution in [-0.4, -0.2) is 25.0 Å². The van der Waals surface area contributed by atoms with Crippen molar-refractivity contribution < 1.29 is 14.3 Å². The number of carbonyl (C=O) groups excluding carboxylic acids is 2. The lowest BCUT2D eigenvalue weighted by Crippen LogP contribution is -2.41. The number of hydrogen-bond acceptors (Lipinski definition) is 3. The van der Waals surface area contributed by atoms with Gasteiger partial charge in [0.2, 0.25) is 0 Å². The maximum Gasteiger partial charge on any atom is 0.328 e. The van der Waals surface area contributed by atoms with E-state index in [2.05, 4.69) is 32.7 Å². The molecule has 4 heteroatoms. The molecule has 0 spiro atoms. The van der Waals surface area contributed by atoms with Crippen LogP contribution >= 0.6 is 0 Å². The predicted octanol–water partition coefficient (Wildman–Crippen LogP) is 4.78. The largest absolute Gasteiger partial charge is 0.467 e. The molecule has 0 aliphatic rings. The van der Waals surface area contributed by atoms with Crippen molar-refractivity contribution in [1.82, 2.24) is 5.32 Å². The maximum atomic E-state index is 12.5. The van der Waals surface area contributed by atoms with Gasteiger partial charge in [0.25, 0.3) is 5.91 Å². The fourth-order valence-corrected chi connectivity index (χ4v) is 2.75. The zero-order chi connectivity index (χ0) is 19.6. The first kappa shape index (κ1) is 21.9. The third kappa shape index (κ3) is 7.42. The quantitative estimate of drug-likeness (QED) is 0.371. The number of nitrogens with one attached hydrogen (secondary N) is 1. The second-order valence-corrected chi connectivity index (χ2v) is 7.66. The highest BCUT2D eigenvalue weighted by Crippen LogP contribution is 2.22. The van der Waals surface area contributed by atoms with Crippen molar-refractivity contribution in [3.8, 4) is 0 Å². The molecule has 144 valence electrons. The first-order chi connectivity index (χ1) is 12.3. The van der Waals surface area contributed by atoms with Crippen LogP contribution in [0.2, 0.25) is 0 Å². The minimum atomic E-state index is -0.603. The van der Waals surface area contributed by atoms with E-state index in [-0.39, 0.29) is 11.3 Å². The van der Waals surface area contributed by atoms with Gasteiger partial charge in [0.05, 0.1) is 7.11 Å². The molecule has 0 saturated heterocycles. The highest BCUT2D eigenvalue weighted by atomic mass is 16.5. The Morgan fingerprint density at radius 3 is 2.27 bits per heavy atom. The smallest absolute Gasteiger partial charge is 0.328 e. The van der Waals surface area contributed by atoms with Gasteiger partial charge in [0, 0.05) is 5.56 Å². The van der Waals surface area contributed by atoms with E-state index in [0.717, 1.165) is 37.7 Å². The van der Waals surface area contributed by atoms with Crippen LogP contribution in [0.25, 0.3) is 0 Å². The lowest BCUT2D eigenvalue weighted by Gasteiger charge is -2.20. The van der Waals surface area contributed by atoms with Gasteiger partial charge in [-0.2, -0.15) is 0 Å². The molecule has 0 bridgehead atoms. The summed E-state index contributed by atoms with van der Waals surface area (Å²) >= 11 is 0. The van der Waals surface area contributed by atoms with Crippen LogP contribution in [0, 0.1) is 0 Å². The van der Waals surface area contributed by atoms with Gasteiger partial charge in [0.15, 0.2) is 0 Å². The Morgan fingerprint density at radius 1 is 1.12 bits per heavy atom. The van der Waals surface area contributed by atoms with E-state index in [4.69, 9.17) is 4.74 Å². The number of carbonyl (C=O) groups is 2. The first-order valence-electron chi connectivity index (χ1n) is 9.39. The molecule has 0 radical (unpaired) electrons. The monoisotopic (exact) mass is 359 g/mol. The van der Waals surface area contributed by atoms with Crippen molar-refractivity contribution in [2.75, 3.05) is 7.11 Å². The van der Waals surface area contributed by atoms with Gasteiger partial charge in [-0.15, -0.1) is 6.58 Å². The van der Waals surface area contributed by atoms with Gasteiger partial charge >= 0.3 is 5.97 Å². The van der Waals surface area contributed by atoms with Crippen molar-refractivity contribution in [1.29, 1.82) is 0 Å². The highest BCUT2D eigenvalue weighted by molar-refractivity contribution is 5.96. The molecule has 1 aromatic rings. The van der Waals surface area contributed by atoms with Gasteiger partial charge in [0.1, 0.15) is 6.04 Å². The van der Waals surface area contributed by atoms with Crippen molar-refractivity contribution in [2.24, 2.45) is 0 Å². The zero-order valence-corrected chi connectivity index (χ0v) is 16.6. The Morgan fingerprint density at radius 2 is 1.73 bits per heavy atom. The molecule has 0 fully saturated rings. The Labute approximate surface area is 158 Å². The van der Waals surface area contributed by atoms with Gasteiger partial charge in [-0.3, -0.25) is 4.79 Å². The van der Waals surface area contributed by atoms with E-state index >= 15 is 0 Å². The number of rotatable bonds is 10. The topological polar surface area (TPSA) is 55.4 Å². The molecule has 0 unspecified atom stereocenters. The number of hydrogen-bond donors (Lipinski definition) is 1. The maximum absolute atomic E-state index is 12.5. The molecule has 1 amide bonds. The van der Waals surface area contributed by atoms with Crippen LogP contribution in [0.1, 0.15) is 75.2 Å². The van der Waals surface area contributed by atoms with Crippen LogP contribution in [-0.2, 0) is 14.9 Å². The second-order valence-electron chi connectivity index (χ2n) is 7.66. The third-order valence-electron chi connectivity index (χ3n) is 4.46. The fraction of sp³-hybridized carbons (Fsp3) is 0.545. The molecule has 1 N–H and O–H groups in total. The molecule has 0 saturated carbocycles. The Bertz CT molecular complexity index is 584. The molecular formula is C22H33NO3. The van der Waals surface area contributed by atoms with E-state index in [1.807, 2.05) is 18.2 Å². The first-order valence-corrected chi connectivity index (χ1v) is 9.39. The number of methoxy groups -OCH3 is 1. The summed E-state index contributed by atoms with van der Waals surface area (Å²) in [6.45, 7) is 10.1. The fourth-order valence-electron chi connectivity index (χ4n) is 2.75. The Kier molecular flexibility index (Phi) is 9.11. The minimum absolute atomic E-state index is 0.0369. The summed E-state index contributed by atoms with van der Waals surface area (Å²) in [4.78, 5) is 24.5. The molecule has 0 aromatic heterocycles. The molecule has 26 heavy (non-hydrogen) atoms. The highest BCUT2D eigenvalue weighted by Gasteiger charge is 2.22. The van der Waals surface area contributed by atoms with E-state index in [9.17, 15) is 9.59 Å². The third-order valence-corrected chi connectivity index (χ3v) is 4.46. The van der Waals surface area contributed by atoms with Gasteiger partial charge < -0.3 is 10.1 Å². The summed E-state index contributed by atoms with van der Waals surface area (Å²) in [6.07, 6.45) is 7.63. The molecule has 1 aromatic carbocycles. The summed E-state index contributed by atoms with van der Waals surface area (Å²) in [5.41, 5.74) is 1.76. The molecule has 0 aliphatic heterocycles. The summed E-state index contributed by atoms with van der Waals surface area (Å²) in [7, 11) is 1.35. The Balaban J connectivity index is 2.62. The summed E-state index contributed by atoms with van der Waals surface area (Å²) in [5.74, 6) is -0.636. The van der Waals surface area contributed by atoms with Crippen LogP contribution in [0.4, 0.5) is 0 Å². The van der Waals surface area contributed by atoms with E-state index in [1.165, 1.54) is 7.11 Å². The number of allylic oxidation sites excluding steroid dienone is 1. The molecule has 0 heterocycles. The summed E-state index contributed by atoms with van der Waals surface area (Å²) in [5, 5.41) is 2.81. The number of amides is 1. The predicted molar refractivity (Wildman–Crippen MR) is 106 cm³/mol. The van der Waals surface area contributed by atoms with Crippen molar-refractivity contribution in [2.45, 2.75) is 70.8 Å². The Hall–Kier alpha value is -2.10. The molecular weight excluding hydrogens is 326 g/mol. The lowest BCUT2D eigenvalue weighted by molar-refractivity contribution is -0.143.